The van der Waals surface area contributed by atoms with E-state index < -0.39 is 0 Å². The van der Waals surface area contributed by atoms with Crippen molar-refractivity contribution < 1.29 is 5.11 Å². The average molecular weight is 462 g/mol. The van der Waals surface area contributed by atoms with Crippen molar-refractivity contribution in [2.75, 3.05) is 37.0 Å². The summed E-state index contributed by atoms with van der Waals surface area (Å²) in [6.45, 7) is 2.83. The van der Waals surface area contributed by atoms with Crippen LogP contribution < -0.4 is 10.2 Å². The van der Waals surface area contributed by atoms with Crippen LogP contribution in [0.25, 0.3) is 0 Å². The number of aliphatic hydroxyl groups excluding tert-OH is 1. The molecule has 1 atom stereocenters. The number of rotatable bonds is 5. The van der Waals surface area contributed by atoms with Gasteiger partial charge in [-0.1, -0.05) is 29.8 Å². The lowest BCUT2D eigenvalue weighted by Gasteiger charge is -2.28. The van der Waals surface area contributed by atoms with Crippen molar-refractivity contribution in [3.63, 3.8) is 0 Å². The molecule has 2 N–H and O–H groups in total. The van der Waals surface area contributed by atoms with Crippen LogP contribution in [0.5, 0.6) is 0 Å². The van der Waals surface area contributed by atoms with E-state index in [2.05, 4.69) is 51.4 Å². The first-order valence-corrected chi connectivity index (χ1v) is 12.1. The number of para-hydroxylation sites is 1. The third-order valence-electron chi connectivity index (χ3n) is 7.11. The van der Waals surface area contributed by atoms with Crippen LogP contribution in [-0.2, 0) is 13.0 Å². The number of benzene rings is 2. The maximum atomic E-state index is 9.88. The van der Waals surface area contributed by atoms with Gasteiger partial charge in [0, 0.05) is 36.9 Å². The highest BCUT2D eigenvalue weighted by molar-refractivity contribution is 6.33. The van der Waals surface area contributed by atoms with E-state index in [1.165, 1.54) is 24.0 Å². The largest absolute Gasteiger partial charge is 0.396 e. The second-order valence-electron chi connectivity index (χ2n) is 9.50. The topological polar surface area (TPSA) is 64.5 Å². The monoisotopic (exact) mass is 461 g/mol. The first-order valence-electron chi connectivity index (χ1n) is 11.7. The molecule has 3 heterocycles. The van der Waals surface area contributed by atoms with Crippen molar-refractivity contribution in [1.82, 2.24) is 14.9 Å². The Balaban J connectivity index is 1.34. The van der Waals surface area contributed by atoms with Crippen LogP contribution in [-0.4, -0.2) is 46.7 Å². The average Bonchev–Trinajstić information content (AvgIpc) is 3.60. The van der Waals surface area contributed by atoms with Gasteiger partial charge < -0.3 is 20.2 Å². The summed E-state index contributed by atoms with van der Waals surface area (Å²) in [5.41, 5.74) is 7.64. The summed E-state index contributed by atoms with van der Waals surface area (Å²) in [4.78, 5) is 13.8. The van der Waals surface area contributed by atoms with Gasteiger partial charge in [-0.05, 0) is 72.7 Å². The molecule has 170 valence electrons. The van der Waals surface area contributed by atoms with Gasteiger partial charge in [0.05, 0.1) is 12.8 Å². The van der Waals surface area contributed by atoms with Crippen LogP contribution in [0.2, 0.25) is 5.02 Å². The predicted octanol–water partition coefficient (Wildman–Crippen LogP) is 4.97. The van der Waals surface area contributed by atoms with Gasteiger partial charge in [0.1, 0.15) is 5.02 Å². The standard InChI is InChI=1S/C26H28ClN5O/c1-31-9-8-20-17(13-31)10-19(11-22(20)16-6-7-16)29-26-28-12-23(27)25(30-26)32-14-18(15-33)21-4-2-3-5-24(21)32/h2-5,10-12,16,18,33H,6-9,13-15H2,1H3,(H,28,29,30). The number of aliphatic hydroxyl groups is 1. The molecule has 1 unspecified atom stereocenters. The number of hydrogen-bond donors (Lipinski definition) is 2. The molecule has 2 aromatic carbocycles. The number of likely N-dealkylation sites (N-methyl/N-ethyl adjacent to an activating group) is 1. The van der Waals surface area contributed by atoms with Gasteiger partial charge in [-0.3, -0.25) is 0 Å². The zero-order valence-electron chi connectivity index (χ0n) is 18.8. The van der Waals surface area contributed by atoms with E-state index in [-0.39, 0.29) is 12.5 Å². The SMILES string of the molecule is CN1CCc2c(cc(Nc3ncc(Cl)c(N4CC(CO)c5ccccc54)n3)cc2C2CC2)C1. The van der Waals surface area contributed by atoms with E-state index in [1.54, 1.807) is 11.8 Å². The Labute approximate surface area is 199 Å². The molecule has 6 rings (SSSR count). The minimum absolute atomic E-state index is 0.0439. The Morgan fingerprint density at radius 2 is 2.03 bits per heavy atom. The fraction of sp³-hybridized carbons (Fsp3) is 0.385. The molecule has 0 bridgehead atoms. The maximum absolute atomic E-state index is 9.88. The lowest BCUT2D eigenvalue weighted by Crippen LogP contribution is -2.27. The number of nitrogens with one attached hydrogen (secondary N) is 1. The molecule has 3 aromatic rings. The minimum atomic E-state index is 0.0439. The minimum Gasteiger partial charge on any atom is -0.396 e. The Bertz CT molecular complexity index is 1210. The van der Waals surface area contributed by atoms with Gasteiger partial charge in [0.25, 0.3) is 0 Å². The number of aromatic nitrogens is 2. The highest BCUT2D eigenvalue weighted by Crippen LogP contribution is 2.45. The Morgan fingerprint density at radius 1 is 1.18 bits per heavy atom. The Morgan fingerprint density at radius 3 is 2.85 bits per heavy atom. The number of anilines is 4. The van der Waals surface area contributed by atoms with Gasteiger partial charge in [0.2, 0.25) is 5.95 Å². The second-order valence-corrected chi connectivity index (χ2v) is 9.91. The molecule has 6 nitrogen and oxygen atoms in total. The summed E-state index contributed by atoms with van der Waals surface area (Å²) in [6.07, 6.45) is 5.36. The van der Waals surface area contributed by atoms with Gasteiger partial charge in [-0.2, -0.15) is 4.98 Å². The van der Waals surface area contributed by atoms with Gasteiger partial charge in [-0.25, -0.2) is 4.98 Å². The van der Waals surface area contributed by atoms with Gasteiger partial charge in [-0.15, -0.1) is 0 Å². The predicted molar refractivity (Wildman–Crippen MR) is 132 cm³/mol. The molecule has 0 radical (unpaired) electrons. The van der Waals surface area contributed by atoms with Crippen LogP contribution in [0.4, 0.5) is 23.1 Å². The quantitative estimate of drug-likeness (QED) is 0.559. The second kappa shape index (κ2) is 8.28. The fourth-order valence-corrected chi connectivity index (χ4v) is 5.49. The summed E-state index contributed by atoms with van der Waals surface area (Å²) in [6, 6.07) is 12.7. The van der Waals surface area contributed by atoms with Crippen LogP contribution >= 0.6 is 11.6 Å². The third-order valence-corrected chi connectivity index (χ3v) is 7.37. The first-order chi connectivity index (χ1) is 16.1. The van der Waals surface area contributed by atoms with Crippen LogP contribution in [0.15, 0.2) is 42.6 Å². The molecule has 1 aliphatic carbocycles. The van der Waals surface area contributed by atoms with E-state index in [1.807, 2.05) is 12.1 Å². The Hall–Kier alpha value is -2.67. The van der Waals surface area contributed by atoms with E-state index in [0.717, 1.165) is 36.4 Å². The van der Waals surface area contributed by atoms with Gasteiger partial charge >= 0.3 is 0 Å². The molecule has 1 aromatic heterocycles. The smallest absolute Gasteiger partial charge is 0.229 e. The van der Waals surface area contributed by atoms with Gasteiger partial charge in [0.15, 0.2) is 5.82 Å². The molecule has 0 spiro atoms. The van der Waals surface area contributed by atoms with E-state index >= 15 is 0 Å². The summed E-state index contributed by atoms with van der Waals surface area (Å²) < 4.78 is 0. The lowest BCUT2D eigenvalue weighted by atomic mass is 9.91. The van der Waals surface area contributed by atoms with Crippen molar-refractivity contribution in [3.05, 3.63) is 69.9 Å². The molecule has 0 saturated heterocycles. The Kier molecular flexibility index (Phi) is 5.24. The van der Waals surface area contributed by atoms with Crippen LogP contribution in [0.1, 0.15) is 46.9 Å². The van der Waals surface area contributed by atoms with E-state index in [0.29, 0.717) is 29.3 Å². The molecular formula is C26H28ClN5O. The number of fused-ring (bicyclic) bond motifs is 2. The molecule has 0 amide bonds. The van der Waals surface area contributed by atoms with Crippen molar-refractivity contribution in [2.24, 2.45) is 0 Å². The normalized spacial score (nSPS) is 20.0. The number of hydrogen-bond acceptors (Lipinski definition) is 6. The van der Waals surface area contributed by atoms with Crippen molar-refractivity contribution >= 4 is 34.7 Å². The molecule has 1 saturated carbocycles. The molecular weight excluding hydrogens is 434 g/mol. The zero-order chi connectivity index (χ0) is 22.5. The van der Waals surface area contributed by atoms with Crippen LogP contribution in [0, 0.1) is 0 Å². The van der Waals surface area contributed by atoms with Crippen LogP contribution in [0.3, 0.4) is 0 Å². The highest BCUT2D eigenvalue weighted by Gasteiger charge is 2.31. The van der Waals surface area contributed by atoms with Crippen molar-refractivity contribution in [1.29, 1.82) is 0 Å². The number of halogens is 1. The lowest BCUT2D eigenvalue weighted by molar-refractivity contribution is 0.271. The number of nitrogens with zero attached hydrogens (tertiary/aromatic N) is 4. The highest BCUT2D eigenvalue weighted by atomic mass is 35.5. The summed E-state index contributed by atoms with van der Waals surface area (Å²) in [5, 5.41) is 13.8. The van der Waals surface area contributed by atoms with Crippen molar-refractivity contribution in [3.8, 4) is 0 Å². The molecule has 33 heavy (non-hydrogen) atoms. The maximum Gasteiger partial charge on any atom is 0.229 e. The zero-order valence-corrected chi connectivity index (χ0v) is 19.5. The van der Waals surface area contributed by atoms with E-state index in [9.17, 15) is 5.11 Å². The summed E-state index contributed by atoms with van der Waals surface area (Å²) >= 11 is 6.56. The molecule has 1 fully saturated rings. The van der Waals surface area contributed by atoms with E-state index in [4.69, 9.17) is 16.6 Å². The molecule has 2 aliphatic heterocycles. The summed E-state index contributed by atoms with van der Waals surface area (Å²) in [5.74, 6) is 1.94. The molecule has 7 heteroatoms. The first kappa shape index (κ1) is 20.9. The summed E-state index contributed by atoms with van der Waals surface area (Å²) in [7, 11) is 2.18. The van der Waals surface area contributed by atoms with Crippen molar-refractivity contribution in [2.45, 2.75) is 37.6 Å². The third kappa shape index (κ3) is 3.86. The fourth-order valence-electron chi connectivity index (χ4n) is 5.29. The molecule has 3 aliphatic rings.